The standard InChI is InChI=1S/C29H32O4/c1-3-4-16-32-28-15-8-20(2)17-27(28)22-11-9-21(10-12-22)19-33-24-13-14-25-23(18-24)6-5-7-26(25)29(30)31/h8-15,17-18,26H,3-7,16,19H2,1-2H3,(H,30,31). The van der Waals surface area contributed by atoms with Crippen molar-refractivity contribution in [2.75, 3.05) is 6.61 Å². The number of carboxylic acids is 1. The molecular weight excluding hydrogens is 412 g/mol. The summed E-state index contributed by atoms with van der Waals surface area (Å²) in [5.74, 6) is 0.575. The summed E-state index contributed by atoms with van der Waals surface area (Å²) in [7, 11) is 0. The molecule has 0 heterocycles. The molecule has 0 spiro atoms. The molecule has 4 nitrogen and oxygen atoms in total. The molecule has 0 saturated heterocycles. The van der Waals surface area contributed by atoms with Gasteiger partial charge < -0.3 is 14.6 Å². The molecule has 1 unspecified atom stereocenters. The van der Waals surface area contributed by atoms with Crippen LogP contribution in [0.1, 0.15) is 60.8 Å². The Morgan fingerprint density at radius 1 is 1.03 bits per heavy atom. The molecule has 0 saturated carbocycles. The molecule has 1 aliphatic carbocycles. The van der Waals surface area contributed by atoms with E-state index in [9.17, 15) is 9.90 Å². The molecular formula is C29H32O4. The zero-order valence-electron chi connectivity index (χ0n) is 19.5. The Labute approximate surface area is 196 Å². The Bertz CT molecular complexity index is 1100. The van der Waals surface area contributed by atoms with Crippen molar-refractivity contribution in [2.24, 2.45) is 0 Å². The van der Waals surface area contributed by atoms with Crippen LogP contribution in [0.15, 0.2) is 60.7 Å². The normalized spacial score (nSPS) is 15.0. The van der Waals surface area contributed by atoms with E-state index in [1.54, 1.807) is 0 Å². The summed E-state index contributed by atoms with van der Waals surface area (Å²) < 4.78 is 12.1. The quantitative estimate of drug-likeness (QED) is 0.364. The Kier molecular flexibility index (Phi) is 7.33. The Balaban J connectivity index is 1.44. The number of rotatable bonds is 9. The zero-order valence-corrected chi connectivity index (χ0v) is 19.5. The summed E-state index contributed by atoms with van der Waals surface area (Å²) in [5.41, 5.74) is 6.56. The largest absolute Gasteiger partial charge is 0.493 e. The van der Waals surface area contributed by atoms with E-state index in [1.807, 2.05) is 18.2 Å². The van der Waals surface area contributed by atoms with E-state index < -0.39 is 11.9 Å². The lowest BCUT2D eigenvalue weighted by molar-refractivity contribution is -0.139. The number of carbonyl (C=O) groups is 1. The Morgan fingerprint density at radius 3 is 2.61 bits per heavy atom. The van der Waals surface area contributed by atoms with Crippen LogP contribution in [0, 0.1) is 6.92 Å². The van der Waals surface area contributed by atoms with Crippen molar-refractivity contribution >= 4 is 5.97 Å². The topological polar surface area (TPSA) is 55.8 Å². The van der Waals surface area contributed by atoms with Gasteiger partial charge in [-0.2, -0.15) is 0 Å². The van der Waals surface area contributed by atoms with Gasteiger partial charge in [0.15, 0.2) is 0 Å². The first-order valence-electron chi connectivity index (χ1n) is 11.9. The summed E-state index contributed by atoms with van der Waals surface area (Å²) in [6.45, 7) is 5.46. The third-order valence-corrected chi connectivity index (χ3v) is 6.29. The van der Waals surface area contributed by atoms with Gasteiger partial charge in [0.05, 0.1) is 12.5 Å². The summed E-state index contributed by atoms with van der Waals surface area (Å²) in [6.07, 6.45) is 4.67. The van der Waals surface area contributed by atoms with E-state index in [-0.39, 0.29) is 0 Å². The van der Waals surface area contributed by atoms with Crippen molar-refractivity contribution in [1.29, 1.82) is 0 Å². The third kappa shape index (κ3) is 5.57. The van der Waals surface area contributed by atoms with E-state index in [0.717, 1.165) is 71.6 Å². The summed E-state index contributed by atoms with van der Waals surface area (Å²) in [6, 6.07) is 20.5. The van der Waals surface area contributed by atoms with Gasteiger partial charge in [0, 0.05) is 5.56 Å². The van der Waals surface area contributed by atoms with Gasteiger partial charge in [-0.25, -0.2) is 0 Å². The predicted octanol–water partition coefficient (Wildman–Crippen LogP) is 6.92. The van der Waals surface area contributed by atoms with Crippen LogP contribution in [0.4, 0.5) is 0 Å². The van der Waals surface area contributed by atoms with Crippen molar-refractivity contribution < 1.29 is 19.4 Å². The fourth-order valence-electron chi connectivity index (χ4n) is 4.41. The van der Waals surface area contributed by atoms with Crippen LogP contribution in [-0.2, 0) is 17.8 Å². The highest BCUT2D eigenvalue weighted by Gasteiger charge is 2.26. The maximum Gasteiger partial charge on any atom is 0.310 e. The average Bonchev–Trinajstić information content (AvgIpc) is 2.83. The van der Waals surface area contributed by atoms with E-state index >= 15 is 0 Å². The highest BCUT2D eigenvalue weighted by atomic mass is 16.5. The number of aryl methyl sites for hydroxylation is 2. The van der Waals surface area contributed by atoms with Crippen molar-refractivity contribution in [3.8, 4) is 22.6 Å². The van der Waals surface area contributed by atoms with Gasteiger partial charge in [-0.05, 0) is 79.1 Å². The molecule has 4 heteroatoms. The lowest BCUT2D eigenvalue weighted by atomic mass is 9.83. The number of hydrogen-bond donors (Lipinski definition) is 1. The van der Waals surface area contributed by atoms with Crippen LogP contribution < -0.4 is 9.47 Å². The molecule has 0 amide bonds. The number of ether oxygens (including phenoxy) is 2. The zero-order chi connectivity index (χ0) is 23.2. The molecule has 0 aromatic heterocycles. The first-order valence-corrected chi connectivity index (χ1v) is 11.9. The van der Waals surface area contributed by atoms with Gasteiger partial charge in [0.2, 0.25) is 0 Å². The fraction of sp³-hybridized carbons (Fsp3) is 0.345. The van der Waals surface area contributed by atoms with Crippen LogP contribution in [0.3, 0.4) is 0 Å². The lowest BCUT2D eigenvalue weighted by Crippen LogP contribution is -2.17. The van der Waals surface area contributed by atoms with Gasteiger partial charge in [0.25, 0.3) is 0 Å². The van der Waals surface area contributed by atoms with Crippen molar-refractivity contribution in [2.45, 2.75) is 58.5 Å². The molecule has 1 N–H and O–H groups in total. The van der Waals surface area contributed by atoms with E-state index in [4.69, 9.17) is 9.47 Å². The number of benzene rings is 3. The van der Waals surface area contributed by atoms with Crippen LogP contribution in [-0.4, -0.2) is 17.7 Å². The second kappa shape index (κ2) is 10.6. The van der Waals surface area contributed by atoms with E-state index in [0.29, 0.717) is 13.0 Å². The lowest BCUT2D eigenvalue weighted by Gasteiger charge is -2.23. The maximum atomic E-state index is 11.5. The molecule has 0 aliphatic heterocycles. The Hall–Kier alpha value is -3.27. The minimum atomic E-state index is -0.739. The molecule has 3 aromatic carbocycles. The number of aliphatic carboxylic acids is 1. The number of hydrogen-bond acceptors (Lipinski definition) is 3. The summed E-state index contributed by atoms with van der Waals surface area (Å²) in [5, 5.41) is 9.46. The van der Waals surface area contributed by atoms with Gasteiger partial charge >= 0.3 is 5.97 Å². The van der Waals surface area contributed by atoms with Crippen molar-refractivity contribution in [3.63, 3.8) is 0 Å². The molecule has 4 rings (SSSR count). The van der Waals surface area contributed by atoms with Gasteiger partial charge in [0.1, 0.15) is 18.1 Å². The number of fused-ring (bicyclic) bond motifs is 1. The van der Waals surface area contributed by atoms with Crippen molar-refractivity contribution in [3.05, 3.63) is 82.9 Å². The monoisotopic (exact) mass is 444 g/mol. The SMILES string of the molecule is CCCCOc1ccc(C)cc1-c1ccc(COc2ccc3c(c2)CCCC3C(=O)O)cc1. The average molecular weight is 445 g/mol. The van der Waals surface area contributed by atoms with Gasteiger partial charge in [-0.1, -0.05) is 55.3 Å². The second-order valence-electron chi connectivity index (χ2n) is 8.83. The van der Waals surface area contributed by atoms with Gasteiger partial charge in [-0.15, -0.1) is 0 Å². The summed E-state index contributed by atoms with van der Waals surface area (Å²) >= 11 is 0. The minimum absolute atomic E-state index is 0.396. The molecule has 0 fully saturated rings. The van der Waals surface area contributed by atoms with Crippen LogP contribution in [0.25, 0.3) is 11.1 Å². The highest BCUT2D eigenvalue weighted by Crippen LogP contribution is 2.34. The van der Waals surface area contributed by atoms with Crippen LogP contribution in [0.5, 0.6) is 11.5 Å². The molecule has 33 heavy (non-hydrogen) atoms. The molecule has 1 aliphatic rings. The molecule has 3 aromatic rings. The maximum absolute atomic E-state index is 11.5. The van der Waals surface area contributed by atoms with E-state index in [1.165, 1.54) is 5.56 Å². The van der Waals surface area contributed by atoms with Crippen molar-refractivity contribution in [1.82, 2.24) is 0 Å². The van der Waals surface area contributed by atoms with Gasteiger partial charge in [-0.3, -0.25) is 4.79 Å². The van der Waals surface area contributed by atoms with E-state index in [2.05, 4.69) is 56.3 Å². The fourth-order valence-corrected chi connectivity index (χ4v) is 4.41. The van der Waals surface area contributed by atoms with Crippen LogP contribution >= 0.6 is 0 Å². The molecule has 172 valence electrons. The third-order valence-electron chi connectivity index (χ3n) is 6.29. The summed E-state index contributed by atoms with van der Waals surface area (Å²) in [4.78, 5) is 11.5. The number of unbranched alkanes of at least 4 members (excludes halogenated alkanes) is 1. The smallest absolute Gasteiger partial charge is 0.310 e. The second-order valence-corrected chi connectivity index (χ2v) is 8.83. The first-order chi connectivity index (χ1) is 16.0. The predicted molar refractivity (Wildman–Crippen MR) is 131 cm³/mol. The van der Waals surface area contributed by atoms with Crippen LogP contribution in [0.2, 0.25) is 0 Å². The molecule has 0 bridgehead atoms. The molecule has 1 atom stereocenters. The Morgan fingerprint density at radius 2 is 1.85 bits per heavy atom. The highest BCUT2D eigenvalue weighted by molar-refractivity contribution is 5.77. The molecule has 0 radical (unpaired) electrons. The minimum Gasteiger partial charge on any atom is -0.493 e. The first kappa shape index (κ1) is 22.9. The number of carboxylic acid groups (broad SMARTS) is 1.